The van der Waals surface area contributed by atoms with E-state index in [4.69, 9.17) is 5.73 Å². The molecule has 6 nitrogen and oxygen atoms in total. The van der Waals surface area contributed by atoms with Crippen molar-refractivity contribution >= 4 is 11.6 Å². The highest BCUT2D eigenvalue weighted by Crippen LogP contribution is 2.17. The molecular formula is C12H14N4O2. The number of anilines is 1. The molecule has 0 fully saturated rings. The summed E-state index contributed by atoms with van der Waals surface area (Å²) in [5, 5.41) is 6.32. The number of benzene rings is 1. The summed E-state index contributed by atoms with van der Waals surface area (Å²) in [5.41, 5.74) is 8.80. The minimum atomic E-state index is -0.205. The molecule has 1 amide bonds. The zero-order valence-corrected chi connectivity index (χ0v) is 10.2. The zero-order valence-electron chi connectivity index (χ0n) is 10.2. The summed E-state index contributed by atoms with van der Waals surface area (Å²) in [6.45, 7) is 4.00. The van der Waals surface area contributed by atoms with Crippen molar-refractivity contribution in [1.82, 2.24) is 15.5 Å². The van der Waals surface area contributed by atoms with Crippen LogP contribution in [0.1, 0.15) is 27.3 Å². The summed E-state index contributed by atoms with van der Waals surface area (Å²) < 4.78 is 4.58. The molecule has 0 radical (unpaired) electrons. The van der Waals surface area contributed by atoms with Gasteiger partial charge in [-0.15, -0.1) is 0 Å². The highest BCUT2D eigenvalue weighted by Gasteiger charge is 2.11. The zero-order chi connectivity index (χ0) is 13.1. The van der Waals surface area contributed by atoms with Gasteiger partial charge in [-0.05, 0) is 31.0 Å². The largest absolute Gasteiger partial charge is 0.398 e. The maximum Gasteiger partial charge on any atom is 0.252 e. The molecule has 2 aromatic rings. The summed E-state index contributed by atoms with van der Waals surface area (Å²) in [7, 11) is 0. The molecule has 1 aromatic heterocycles. The van der Waals surface area contributed by atoms with Crippen LogP contribution in [-0.4, -0.2) is 16.0 Å². The Morgan fingerprint density at radius 2 is 2.17 bits per heavy atom. The quantitative estimate of drug-likeness (QED) is 0.793. The Labute approximate surface area is 104 Å². The average Bonchev–Trinajstić information content (AvgIpc) is 2.84. The molecule has 94 valence electrons. The summed E-state index contributed by atoms with van der Waals surface area (Å²) in [6, 6.07) is 3.56. The second-order valence-electron chi connectivity index (χ2n) is 4.05. The number of hydrogen-bond donors (Lipinski definition) is 2. The van der Waals surface area contributed by atoms with Gasteiger partial charge in [-0.25, -0.2) is 0 Å². The van der Waals surface area contributed by atoms with Crippen molar-refractivity contribution in [3.63, 3.8) is 0 Å². The third-order valence-electron chi connectivity index (χ3n) is 2.67. The number of nitrogen functional groups attached to an aromatic ring is 1. The highest BCUT2D eigenvalue weighted by molar-refractivity contribution is 5.96. The van der Waals surface area contributed by atoms with E-state index in [2.05, 4.69) is 20.0 Å². The minimum absolute atomic E-state index is 0.205. The number of aryl methyl sites for hydroxylation is 2. The first-order valence-corrected chi connectivity index (χ1v) is 5.48. The fourth-order valence-electron chi connectivity index (χ4n) is 1.64. The van der Waals surface area contributed by atoms with Gasteiger partial charge in [0.25, 0.3) is 5.91 Å². The van der Waals surface area contributed by atoms with Gasteiger partial charge in [0.05, 0.1) is 6.54 Å². The van der Waals surface area contributed by atoms with Crippen LogP contribution < -0.4 is 11.1 Å². The molecule has 2 rings (SSSR count). The molecule has 0 saturated heterocycles. The first-order valence-electron chi connectivity index (χ1n) is 5.48. The third kappa shape index (κ3) is 2.48. The van der Waals surface area contributed by atoms with Crippen LogP contribution in [0.15, 0.2) is 23.0 Å². The molecule has 0 atom stereocenters. The van der Waals surface area contributed by atoms with Gasteiger partial charge in [0.2, 0.25) is 6.39 Å². The number of carbonyl (C=O) groups is 1. The number of aromatic nitrogens is 2. The average molecular weight is 246 g/mol. The van der Waals surface area contributed by atoms with Gasteiger partial charge >= 0.3 is 0 Å². The lowest BCUT2D eigenvalue weighted by Gasteiger charge is -2.09. The van der Waals surface area contributed by atoms with Crippen LogP contribution in [0.2, 0.25) is 0 Å². The van der Waals surface area contributed by atoms with Crippen molar-refractivity contribution in [3.8, 4) is 0 Å². The third-order valence-corrected chi connectivity index (χ3v) is 2.67. The lowest BCUT2D eigenvalue weighted by molar-refractivity contribution is 0.0949. The maximum absolute atomic E-state index is 12.0. The number of nitrogens with one attached hydrogen (secondary N) is 1. The summed E-state index contributed by atoms with van der Waals surface area (Å²) in [5.74, 6) is 0.227. The van der Waals surface area contributed by atoms with Gasteiger partial charge < -0.3 is 15.6 Å². The molecule has 0 aliphatic carbocycles. The molecule has 0 aliphatic heterocycles. The predicted octanol–water partition coefficient (Wildman–Crippen LogP) is 1.20. The number of carbonyl (C=O) groups excluding carboxylic acids is 1. The van der Waals surface area contributed by atoms with Gasteiger partial charge in [0, 0.05) is 11.3 Å². The Balaban J connectivity index is 2.11. The van der Waals surface area contributed by atoms with Gasteiger partial charge in [-0.2, -0.15) is 4.98 Å². The Morgan fingerprint density at radius 1 is 1.39 bits per heavy atom. The number of rotatable bonds is 3. The topological polar surface area (TPSA) is 94.0 Å². The highest BCUT2D eigenvalue weighted by atomic mass is 16.5. The van der Waals surface area contributed by atoms with E-state index in [0.29, 0.717) is 17.1 Å². The first-order chi connectivity index (χ1) is 8.58. The summed E-state index contributed by atoms with van der Waals surface area (Å²) >= 11 is 0. The lowest BCUT2D eigenvalue weighted by atomic mass is 10.0. The van der Waals surface area contributed by atoms with Crippen molar-refractivity contribution in [2.45, 2.75) is 20.4 Å². The molecule has 1 heterocycles. The predicted molar refractivity (Wildman–Crippen MR) is 65.8 cm³/mol. The number of amides is 1. The van der Waals surface area contributed by atoms with E-state index in [1.165, 1.54) is 6.39 Å². The van der Waals surface area contributed by atoms with Crippen molar-refractivity contribution in [2.24, 2.45) is 0 Å². The maximum atomic E-state index is 12.0. The molecule has 1 aromatic carbocycles. The van der Waals surface area contributed by atoms with E-state index in [1.807, 2.05) is 19.9 Å². The van der Waals surface area contributed by atoms with Crippen LogP contribution >= 0.6 is 0 Å². The van der Waals surface area contributed by atoms with Crippen LogP contribution in [0.3, 0.4) is 0 Å². The number of hydrogen-bond acceptors (Lipinski definition) is 5. The SMILES string of the molecule is Cc1cc(C)c(C(=O)NCc2ncon2)cc1N. The first kappa shape index (κ1) is 12.1. The summed E-state index contributed by atoms with van der Waals surface area (Å²) in [4.78, 5) is 15.8. The van der Waals surface area contributed by atoms with Crippen LogP contribution in [-0.2, 0) is 6.54 Å². The van der Waals surface area contributed by atoms with Gasteiger partial charge in [0.1, 0.15) is 0 Å². The van der Waals surface area contributed by atoms with E-state index in [-0.39, 0.29) is 12.5 Å². The van der Waals surface area contributed by atoms with E-state index in [1.54, 1.807) is 6.07 Å². The van der Waals surface area contributed by atoms with E-state index < -0.39 is 0 Å². The second-order valence-corrected chi connectivity index (χ2v) is 4.05. The van der Waals surface area contributed by atoms with Crippen molar-refractivity contribution in [1.29, 1.82) is 0 Å². The monoisotopic (exact) mass is 246 g/mol. The molecule has 18 heavy (non-hydrogen) atoms. The fourth-order valence-corrected chi connectivity index (χ4v) is 1.64. The molecule has 0 spiro atoms. The molecule has 3 N–H and O–H groups in total. The van der Waals surface area contributed by atoms with E-state index in [9.17, 15) is 4.79 Å². The normalized spacial score (nSPS) is 10.3. The number of nitrogens with zero attached hydrogens (tertiary/aromatic N) is 2. The molecule has 6 heteroatoms. The van der Waals surface area contributed by atoms with Gasteiger partial charge in [-0.1, -0.05) is 11.2 Å². The molecule has 0 aliphatic rings. The minimum Gasteiger partial charge on any atom is -0.398 e. The Bertz CT molecular complexity index is 564. The van der Waals surface area contributed by atoms with E-state index in [0.717, 1.165) is 11.1 Å². The Hall–Kier alpha value is -2.37. The van der Waals surface area contributed by atoms with Gasteiger partial charge in [-0.3, -0.25) is 4.79 Å². The van der Waals surface area contributed by atoms with Crippen molar-refractivity contribution < 1.29 is 9.32 Å². The van der Waals surface area contributed by atoms with Crippen LogP contribution in [0, 0.1) is 13.8 Å². The fraction of sp³-hybridized carbons (Fsp3) is 0.250. The summed E-state index contributed by atoms with van der Waals surface area (Å²) in [6.07, 6.45) is 1.22. The molecule has 0 unspecified atom stereocenters. The van der Waals surface area contributed by atoms with E-state index >= 15 is 0 Å². The standard InChI is InChI=1S/C12H14N4O2/c1-7-3-8(2)10(13)4-9(7)12(17)14-5-11-15-6-18-16-11/h3-4,6H,5,13H2,1-2H3,(H,14,17). The Morgan fingerprint density at radius 3 is 2.83 bits per heavy atom. The lowest BCUT2D eigenvalue weighted by Crippen LogP contribution is -2.24. The van der Waals surface area contributed by atoms with Crippen molar-refractivity contribution in [3.05, 3.63) is 41.0 Å². The van der Waals surface area contributed by atoms with Crippen LogP contribution in [0.5, 0.6) is 0 Å². The molecule has 0 bridgehead atoms. The van der Waals surface area contributed by atoms with Crippen LogP contribution in [0.25, 0.3) is 0 Å². The molecular weight excluding hydrogens is 232 g/mol. The molecule has 0 saturated carbocycles. The Kier molecular flexibility index (Phi) is 3.27. The van der Waals surface area contributed by atoms with Crippen LogP contribution in [0.4, 0.5) is 5.69 Å². The van der Waals surface area contributed by atoms with Gasteiger partial charge in [0.15, 0.2) is 5.82 Å². The second kappa shape index (κ2) is 4.87. The van der Waals surface area contributed by atoms with Crippen molar-refractivity contribution in [2.75, 3.05) is 5.73 Å². The number of nitrogens with two attached hydrogens (primary N) is 1. The smallest absolute Gasteiger partial charge is 0.252 e.